The molecule has 4 rings (SSSR count). The topological polar surface area (TPSA) is 36.9 Å². The summed E-state index contributed by atoms with van der Waals surface area (Å²) in [5, 5.41) is 2.63. The van der Waals surface area contributed by atoms with Gasteiger partial charge in [-0.25, -0.2) is 0 Å². The highest BCUT2D eigenvalue weighted by Crippen LogP contribution is 2.41. The van der Waals surface area contributed by atoms with E-state index in [0.29, 0.717) is 24.4 Å². The second kappa shape index (κ2) is 13.9. The maximum absolute atomic E-state index is 7.27. The van der Waals surface area contributed by atoms with Crippen LogP contribution >= 0.6 is 22.6 Å². The summed E-state index contributed by atoms with van der Waals surface area (Å²) in [7, 11) is -2.56. The molecule has 2 saturated heterocycles. The third kappa shape index (κ3) is 7.48. The smallest absolute Gasteiger partial charge is 0.261 e. The molecule has 2 aromatic carbocycles. The SMILES string of the molecule is C[C@@H]([C@H]1OC(C)(C)O[C@H](CCCI)[C@H]1C)[C@@H]1CC[C@H]([C@@H](C)CO[Si](c2ccccc2)(c2ccccc2)C(C)(C)C)O1. The molecule has 0 saturated carbocycles. The first-order valence-electron chi connectivity index (χ1n) is 15.7. The van der Waals surface area contributed by atoms with Crippen molar-refractivity contribution in [1.82, 2.24) is 0 Å². The number of rotatable bonds is 11. The van der Waals surface area contributed by atoms with Crippen LogP contribution in [0.25, 0.3) is 0 Å². The van der Waals surface area contributed by atoms with Crippen LogP contribution in [0.5, 0.6) is 0 Å². The summed E-state index contributed by atoms with van der Waals surface area (Å²) in [5.41, 5.74) is 0. The molecule has 4 nitrogen and oxygen atoms in total. The summed E-state index contributed by atoms with van der Waals surface area (Å²) in [5.74, 6) is 0.398. The lowest BCUT2D eigenvalue weighted by atomic mass is 9.82. The van der Waals surface area contributed by atoms with Gasteiger partial charge in [0.05, 0.1) is 24.4 Å². The number of ether oxygens (including phenoxy) is 3. The first-order valence-corrected chi connectivity index (χ1v) is 19.1. The molecule has 0 aromatic heterocycles. The highest BCUT2D eigenvalue weighted by atomic mass is 127. The zero-order chi connectivity index (χ0) is 29.8. The summed E-state index contributed by atoms with van der Waals surface area (Å²) in [6.07, 6.45) is 5.16. The lowest BCUT2D eigenvalue weighted by molar-refractivity contribution is -0.331. The van der Waals surface area contributed by atoms with Gasteiger partial charge < -0.3 is 18.6 Å². The first kappa shape index (κ1) is 33.1. The molecule has 2 aromatic rings. The van der Waals surface area contributed by atoms with Crippen molar-refractivity contribution in [3.05, 3.63) is 60.7 Å². The summed E-state index contributed by atoms with van der Waals surface area (Å²) >= 11 is 2.46. The quantitative estimate of drug-likeness (QED) is 0.137. The van der Waals surface area contributed by atoms with Crippen LogP contribution in [0.1, 0.15) is 81.1 Å². The van der Waals surface area contributed by atoms with Crippen LogP contribution in [0.3, 0.4) is 0 Å². The molecular formula is C35H53IO4Si. The molecule has 2 aliphatic rings. The molecule has 0 spiro atoms. The second-order valence-electron chi connectivity index (χ2n) is 13.9. The molecular weight excluding hydrogens is 639 g/mol. The van der Waals surface area contributed by atoms with Gasteiger partial charge in [0.25, 0.3) is 8.32 Å². The van der Waals surface area contributed by atoms with Gasteiger partial charge in [-0.1, -0.05) is 125 Å². The van der Waals surface area contributed by atoms with Crippen molar-refractivity contribution in [2.75, 3.05) is 11.0 Å². The van der Waals surface area contributed by atoms with E-state index in [1.54, 1.807) is 0 Å². The summed E-state index contributed by atoms with van der Waals surface area (Å²) < 4.78 is 28.2. The van der Waals surface area contributed by atoms with E-state index in [9.17, 15) is 0 Å². The fourth-order valence-electron chi connectivity index (χ4n) is 7.16. The van der Waals surface area contributed by atoms with Crippen LogP contribution in [0.15, 0.2) is 60.7 Å². The lowest BCUT2D eigenvalue weighted by Crippen LogP contribution is -2.67. The van der Waals surface area contributed by atoms with E-state index in [1.165, 1.54) is 16.8 Å². The Morgan fingerprint density at radius 1 is 0.927 bits per heavy atom. The Hall–Kier alpha value is -0.773. The minimum Gasteiger partial charge on any atom is -0.407 e. The Kier molecular flexibility index (Phi) is 11.2. The summed E-state index contributed by atoms with van der Waals surface area (Å²) in [6, 6.07) is 21.9. The largest absolute Gasteiger partial charge is 0.407 e. The molecule has 228 valence electrons. The summed E-state index contributed by atoms with van der Waals surface area (Å²) in [6.45, 7) is 18.8. The van der Waals surface area contributed by atoms with E-state index in [2.05, 4.69) is 139 Å². The highest BCUT2D eigenvalue weighted by Gasteiger charge is 2.51. The predicted molar refractivity (Wildman–Crippen MR) is 181 cm³/mol. The summed E-state index contributed by atoms with van der Waals surface area (Å²) in [4.78, 5) is 0. The van der Waals surface area contributed by atoms with E-state index in [1.807, 2.05) is 0 Å². The third-order valence-corrected chi connectivity index (χ3v) is 15.2. The fourth-order valence-corrected chi connectivity index (χ4v) is 12.3. The maximum atomic E-state index is 7.27. The normalized spacial score (nSPS) is 28.4. The van der Waals surface area contributed by atoms with Crippen molar-refractivity contribution in [2.45, 2.75) is 116 Å². The number of hydrogen-bond acceptors (Lipinski definition) is 4. The number of halogens is 1. The molecule has 7 atom stereocenters. The Morgan fingerprint density at radius 3 is 2.02 bits per heavy atom. The monoisotopic (exact) mass is 692 g/mol. The molecule has 6 heteroatoms. The van der Waals surface area contributed by atoms with Gasteiger partial charge in [0.1, 0.15) is 0 Å². The van der Waals surface area contributed by atoms with E-state index < -0.39 is 14.1 Å². The van der Waals surface area contributed by atoms with Crippen molar-refractivity contribution in [3.63, 3.8) is 0 Å². The van der Waals surface area contributed by atoms with Crippen LogP contribution < -0.4 is 10.4 Å². The first-order chi connectivity index (χ1) is 19.4. The Balaban J connectivity index is 1.47. The zero-order valence-electron chi connectivity index (χ0n) is 26.6. The van der Waals surface area contributed by atoms with Gasteiger partial charge in [0.15, 0.2) is 5.79 Å². The maximum Gasteiger partial charge on any atom is 0.261 e. The number of alkyl halides is 1. The standard InChI is InChI=1S/C35H53IO4Si/c1-25(24-37-41(34(4,5)6,28-16-11-9-12-17-28)29-18-13-10-14-19-29)30-21-22-31(38-30)26(2)33-27(3)32(20-15-23-36)39-35(7,8)40-33/h9-14,16-19,25-27,30-33H,15,20-24H2,1-8H3/t25-,26+,27+,30+,31-,32+,33+/m0/s1. The predicted octanol–water partition coefficient (Wildman–Crippen LogP) is 7.75. The van der Waals surface area contributed by atoms with E-state index in [-0.39, 0.29) is 29.5 Å². The van der Waals surface area contributed by atoms with Crippen LogP contribution in [0.2, 0.25) is 5.04 Å². The van der Waals surface area contributed by atoms with Crippen LogP contribution in [0.4, 0.5) is 0 Å². The molecule has 0 amide bonds. The molecule has 2 heterocycles. The van der Waals surface area contributed by atoms with Gasteiger partial charge in [0.2, 0.25) is 0 Å². The Morgan fingerprint density at radius 2 is 1.49 bits per heavy atom. The molecule has 0 N–H and O–H groups in total. The van der Waals surface area contributed by atoms with Crippen LogP contribution in [0, 0.1) is 17.8 Å². The Labute approximate surface area is 264 Å². The minimum absolute atomic E-state index is 0.0276. The number of hydrogen-bond donors (Lipinski definition) is 0. The molecule has 2 fully saturated rings. The minimum atomic E-state index is -2.56. The third-order valence-electron chi connectivity index (χ3n) is 9.39. The van der Waals surface area contributed by atoms with E-state index >= 15 is 0 Å². The second-order valence-corrected chi connectivity index (χ2v) is 19.3. The highest BCUT2D eigenvalue weighted by molar-refractivity contribution is 14.1. The average Bonchev–Trinajstić information content (AvgIpc) is 3.44. The van der Waals surface area contributed by atoms with Crippen molar-refractivity contribution in [3.8, 4) is 0 Å². The molecule has 41 heavy (non-hydrogen) atoms. The number of benzene rings is 2. The van der Waals surface area contributed by atoms with Crippen molar-refractivity contribution in [1.29, 1.82) is 0 Å². The molecule has 0 unspecified atom stereocenters. The van der Waals surface area contributed by atoms with Crippen molar-refractivity contribution < 1.29 is 18.6 Å². The lowest BCUT2D eigenvalue weighted by Gasteiger charge is -2.48. The molecule has 2 aliphatic heterocycles. The Bertz CT molecular complexity index is 1030. The zero-order valence-corrected chi connectivity index (χ0v) is 29.7. The molecule has 0 bridgehead atoms. The molecule has 0 radical (unpaired) electrons. The molecule has 0 aliphatic carbocycles. The van der Waals surface area contributed by atoms with Gasteiger partial charge in [-0.3, -0.25) is 0 Å². The van der Waals surface area contributed by atoms with Gasteiger partial charge in [-0.2, -0.15) is 0 Å². The van der Waals surface area contributed by atoms with Gasteiger partial charge in [0, 0.05) is 24.4 Å². The van der Waals surface area contributed by atoms with Crippen LogP contribution in [-0.4, -0.2) is 49.6 Å². The van der Waals surface area contributed by atoms with Crippen LogP contribution in [-0.2, 0) is 18.6 Å². The van der Waals surface area contributed by atoms with Gasteiger partial charge >= 0.3 is 0 Å². The fraction of sp³-hybridized carbons (Fsp3) is 0.657. The van der Waals surface area contributed by atoms with Gasteiger partial charge in [-0.15, -0.1) is 0 Å². The average molecular weight is 693 g/mol. The van der Waals surface area contributed by atoms with E-state index in [0.717, 1.165) is 23.7 Å². The van der Waals surface area contributed by atoms with Crippen molar-refractivity contribution in [2.24, 2.45) is 17.8 Å². The van der Waals surface area contributed by atoms with E-state index in [4.69, 9.17) is 18.6 Å². The van der Waals surface area contributed by atoms with Crippen molar-refractivity contribution >= 4 is 41.3 Å². The van der Waals surface area contributed by atoms with Gasteiger partial charge in [-0.05, 0) is 59.4 Å².